The van der Waals surface area contributed by atoms with E-state index in [1.807, 2.05) is 0 Å². The van der Waals surface area contributed by atoms with Gasteiger partial charge in [0.25, 0.3) is 0 Å². The molecule has 1 aliphatic carbocycles. The minimum absolute atomic E-state index is 0. The molecule has 0 aliphatic heterocycles. The van der Waals surface area contributed by atoms with Crippen molar-refractivity contribution < 1.29 is 4.79 Å². The van der Waals surface area contributed by atoms with E-state index in [9.17, 15) is 4.79 Å². The molecule has 1 aliphatic rings. The molecule has 1 saturated carbocycles. The van der Waals surface area contributed by atoms with Crippen molar-refractivity contribution in [3.05, 3.63) is 0 Å². The minimum atomic E-state index is -0.141. The van der Waals surface area contributed by atoms with Gasteiger partial charge in [-0.15, -0.1) is 12.4 Å². The topological polar surface area (TPSA) is 55.1 Å². The van der Waals surface area contributed by atoms with E-state index < -0.39 is 0 Å². The lowest BCUT2D eigenvalue weighted by molar-refractivity contribution is -0.124. The number of hydrogen-bond donors (Lipinski definition) is 2. The lowest BCUT2D eigenvalue weighted by atomic mass is 9.81. The van der Waals surface area contributed by atoms with Crippen molar-refractivity contribution in [2.75, 3.05) is 0 Å². The van der Waals surface area contributed by atoms with Gasteiger partial charge in [-0.2, -0.15) is 0 Å². The van der Waals surface area contributed by atoms with Crippen LogP contribution in [0.3, 0.4) is 0 Å². The van der Waals surface area contributed by atoms with Crippen molar-refractivity contribution in [1.29, 1.82) is 0 Å². The summed E-state index contributed by atoms with van der Waals surface area (Å²) in [4.78, 5) is 12.1. The van der Waals surface area contributed by atoms with Gasteiger partial charge >= 0.3 is 0 Å². The van der Waals surface area contributed by atoms with Gasteiger partial charge < -0.3 is 11.1 Å². The zero-order valence-corrected chi connectivity index (χ0v) is 13.9. The van der Waals surface area contributed by atoms with Gasteiger partial charge in [-0.25, -0.2) is 0 Å². The highest BCUT2D eigenvalue weighted by Crippen LogP contribution is 2.29. The molecule has 4 heteroatoms. The molecule has 0 aromatic carbocycles. The smallest absolute Gasteiger partial charge is 0.220 e. The highest BCUT2D eigenvalue weighted by Gasteiger charge is 2.30. The molecule has 3 N–H and O–H groups in total. The molecule has 1 rings (SSSR count). The van der Waals surface area contributed by atoms with Gasteiger partial charge in [-0.1, -0.05) is 27.2 Å². The molecule has 0 unspecified atom stereocenters. The van der Waals surface area contributed by atoms with Crippen molar-refractivity contribution in [1.82, 2.24) is 5.32 Å². The Kier molecular flexibility index (Phi) is 6.84. The van der Waals surface area contributed by atoms with Crippen LogP contribution in [0.5, 0.6) is 0 Å². The maximum atomic E-state index is 12.1. The van der Waals surface area contributed by atoms with Crippen LogP contribution in [0.15, 0.2) is 0 Å². The first kappa shape index (κ1) is 18.7. The Bertz CT molecular complexity index is 297. The third-order valence-electron chi connectivity index (χ3n) is 3.62. The maximum absolute atomic E-state index is 12.1. The molecule has 1 fully saturated rings. The first-order valence-electron chi connectivity index (χ1n) is 7.16. The number of hydrogen-bond acceptors (Lipinski definition) is 2. The second-order valence-electron chi connectivity index (χ2n) is 7.73. The summed E-state index contributed by atoms with van der Waals surface area (Å²) in [6.07, 6.45) is 4.92. The van der Waals surface area contributed by atoms with Crippen LogP contribution in [0, 0.1) is 11.3 Å². The van der Waals surface area contributed by atoms with Crippen LogP contribution >= 0.6 is 12.4 Å². The standard InChI is InChI=1S/C15H30N2O.ClH/c1-14(2,3)10-15(4,5)17-13(18)9-11-7-6-8-12(11)16;/h11-12H,6-10,16H2,1-5H3,(H,17,18);1H/t11-,12+;/m0./s1. The highest BCUT2D eigenvalue weighted by molar-refractivity contribution is 5.85. The van der Waals surface area contributed by atoms with Gasteiger partial charge in [0.1, 0.15) is 0 Å². The molecule has 0 saturated heterocycles. The van der Waals surface area contributed by atoms with Crippen LogP contribution in [0.1, 0.15) is 66.7 Å². The molecule has 1 amide bonds. The van der Waals surface area contributed by atoms with Crippen molar-refractivity contribution in [3.8, 4) is 0 Å². The Balaban J connectivity index is 0.00000324. The average molecular weight is 291 g/mol. The van der Waals surface area contributed by atoms with E-state index in [0.29, 0.717) is 12.3 Å². The van der Waals surface area contributed by atoms with Crippen LogP contribution in [0.2, 0.25) is 0 Å². The second-order valence-corrected chi connectivity index (χ2v) is 7.73. The maximum Gasteiger partial charge on any atom is 0.220 e. The van der Waals surface area contributed by atoms with Crippen LogP contribution < -0.4 is 11.1 Å². The first-order valence-corrected chi connectivity index (χ1v) is 7.16. The van der Waals surface area contributed by atoms with E-state index in [1.165, 1.54) is 6.42 Å². The summed E-state index contributed by atoms with van der Waals surface area (Å²) in [7, 11) is 0. The van der Waals surface area contributed by atoms with Crippen LogP contribution in [-0.4, -0.2) is 17.5 Å². The molecule has 0 aromatic heterocycles. The predicted molar refractivity (Wildman–Crippen MR) is 83.5 cm³/mol. The van der Waals surface area contributed by atoms with Gasteiger partial charge in [-0.05, 0) is 44.4 Å². The van der Waals surface area contributed by atoms with Crippen molar-refractivity contribution in [3.63, 3.8) is 0 Å². The Morgan fingerprint density at radius 1 is 1.21 bits per heavy atom. The molecule has 0 heterocycles. The molecular formula is C15H31ClN2O. The zero-order chi connectivity index (χ0) is 14.0. The SMILES string of the molecule is CC(C)(C)CC(C)(C)NC(=O)C[C@@H]1CCC[C@H]1N.Cl. The average Bonchev–Trinajstić information content (AvgIpc) is 2.45. The number of rotatable bonds is 4. The molecule has 0 bridgehead atoms. The number of amides is 1. The van der Waals surface area contributed by atoms with E-state index >= 15 is 0 Å². The minimum Gasteiger partial charge on any atom is -0.351 e. The predicted octanol–water partition coefficient (Wildman–Crippen LogP) is 3.26. The fourth-order valence-corrected chi connectivity index (χ4v) is 3.36. The number of halogens is 1. The normalized spacial score (nSPS) is 23.9. The van der Waals surface area contributed by atoms with Crippen LogP contribution in [0.25, 0.3) is 0 Å². The fraction of sp³-hybridized carbons (Fsp3) is 0.933. The molecule has 19 heavy (non-hydrogen) atoms. The first-order chi connectivity index (χ1) is 8.09. The van der Waals surface area contributed by atoms with Crippen molar-refractivity contribution in [2.45, 2.75) is 78.3 Å². The number of carbonyl (C=O) groups is 1. The van der Waals surface area contributed by atoms with E-state index in [1.54, 1.807) is 0 Å². The third-order valence-corrected chi connectivity index (χ3v) is 3.62. The quantitative estimate of drug-likeness (QED) is 0.835. The zero-order valence-electron chi connectivity index (χ0n) is 13.1. The summed E-state index contributed by atoms with van der Waals surface area (Å²) in [5.41, 5.74) is 6.09. The summed E-state index contributed by atoms with van der Waals surface area (Å²) in [5, 5.41) is 3.17. The van der Waals surface area contributed by atoms with Crippen LogP contribution in [-0.2, 0) is 4.79 Å². The third kappa shape index (κ3) is 7.17. The molecular weight excluding hydrogens is 260 g/mol. The summed E-state index contributed by atoms with van der Waals surface area (Å²) in [6.45, 7) is 10.8. The van der Waals surface area contributed by atoms with Gasteiger partial charge in [-0.3, -0.25) is 4.79 Å². The molecule has 0 spiro atoms. The van der Waals surface area contributed by atoms with E-state index in [2.05, 4.69) is 39.9 Å². The van der Waals surface area contributed by atoms with Gasteiger partial charge in [0, 0.05) is 18.0 Å². The molecule has 2 atom stereocenters. The Labute approximate surface area is 124 Å². The number of carbonyl (C=O) groups excluding carboxylic acids is 1. The lowest BCUT2D eigenvalue weighted by Crippen LogP contribution is -2.46. The number of nitrogens with two attached hydrogens (primary N) is 1. The number of nitrogens with one attached hydrogen (secondary N) is 1. The van der Waals surface area contributed by atoms with E-state index in [4.69, 9.17) is 5.73 Å². The largest absolute Gasteiger partial charge is 0.351 e. The Morgan fingerprint density at radius 3 is 2.21 bits per heavy atom. The molecule has 3 nitrogen and oxygen atoms in total. The molecule has 114 valence electrons. The van der Waals surface area contributed by atoms with Crippen LogP contribution in [0.4, 0.5) is 0 Å². The summed E-state index contributed by atoms with van der Waals surface area (Å²) in [6, 6.07) is 0.224. The fourth-order valence-electron chi connectivity index (χ4n) is 3.36. The van der Waals surface area contributed by atoms with Gasteiger partial charge in [0.05, 0.1) is 0 Å². The highest BCUT2D eigenvalue weighted by atomic mass is 35.5. The summed E-state index contributed by atoms with van der Waals surface area (Å²) in [5.74, 6) is 0.544. The summed E-state index contributed by atoms with van der Waals surface area (Å²) >= 11 is 0. The summed E-state index contributed by atoms with van der Waals surface area (Å²) < 4.78 is 0. The van der Waals surface area contributed by atoms with Gasteiger partial charge in [0.15, 0.2) is 0 Å². The van der Waals surface area contributed by atoms with Crippen molar-refractivity contribution in [2.24, 2.45) is 17.1 Å². The monoisotopic (exact) mass is 290 g/mol. The Hall–Kier alpha value is -0.280. The Morgan fingerprint density at radius 2 is 1.79 bits per heavy atom. The molecule has 0 aromatic rings. The van der Waals surface area contributed by atoms with E-state index in [0.717, 1.165) is 19.3 Å². The lowest BCUT2D eigenvalue weighted by Gasteiger charge is -2.33. The van der Waals surface area contributed by atoms with Crippen molar-refractivity contribution >= 4 is 18.3 Å². The van der Waals surface area contributed by atoms with Gasteiger partial charge in [0.2, 0.25) is 5.91 Å². The molecule has 0 radical (unpaired) electrons. The van der Waals surface area contributed by atoms with E-state index in [-0.39, 0.29) is 35.3 Å². The second kappa shape index (κ2) is 6.94.